The van der Waals surface area contributed by atoms with Crippen LogP contribution in [0.3, 0.4) is 0 Å². The molecule has 0 saturated heterocycles. The van der Waals surface area contributed by atoms with Gasteiger partial charge in [-0.3, -0.25) is 0 Å². The molecule has 0 aliphatic carbocycles. The smallest absolute Gasteiger partial charge is 0.244 e. The molecule has 0 unspecified atom stereocenters. The highest BCUT2D eigenvalue weighted by Gasteiger charge is 2.23. The molecule has 0 bridgehead atoms. The Labute approximate surface area is 146 Å². The summed E-state index contributed by atoms with van der Waals surface area (Å²) in [5.41, 5.74) is 3.10. The molecule has 6 heteroatoms. The lowest BCUT2D eigenvalue weighted by Gasteiger charge is -2.18. The standard InChI is InChI=1S/C17H20BrNO3S/c1-11-5-6-12(2)15(9-11)13(3)19-23(20,21)17-10-14(18)7-8-16(17)22-4/h5-10,13,19H,1-4H3/t13-/m1/s1. The maximum atomic E-state index is 12.7. The molecule has 0 saturated carbocycles. The average molecular weight is 398 g/mol. The first kappa shape index (κ1) is 18.0. The van der Waals surface area contributed by atoms with Crippen molar-refractivity contribution in [2.24, 2.45) is 0 Å². The van der Waals surface area contributed by atoms with E-state index in [0.29, 0.717) is 10.2 Å². The fraction of sp³-hybridized carbons (Fsp3) is 0.294. The van der Waals surface area contributed by atoms with E-state index in [1.165, 1.54) is 13.2 Å². The zero-order chi connectivity index (χ0) is 17.2. The Hall–Kier alpha value is -1.37. The fourth-order valence-electron chi connectivity index (χ4n) is 2.45. The number of hydrogen-bond acceptors (Lipinski definition) is 3. The zero-order valence-electron chi connectivity index (χ0n) is 13.6. The van der Waals surface area contributed by atoms with Gasteiger partial charge in [0.1, 0.15) is 10.6 Å². The van der Waals surface area contributed by atoms with Crippen LogP contribution in [0.25, 0.3) is 0 Å². The number of benzene rings is 2. The topological polar surface area (TPSA) is 55.4 Å². The van der Waals surface area contributed by atoms with Crippen LogP contribution in [-0.4, -0.2) is 15.5 Å². The Morgan fingerprint density at radius 1 is 1.13 bits per heavy atom. The van der Waals surface area contributed by atoms with Gasteiger partial charge in [-0.05, 0) is 50.1 Å². The molecular weight excluding hydrogens is 378 g/mol. The highest BCUT2D eigenvalue weighted by atomic mass is 79.9. The van der Waals surface area contributed by atoms with E-state index in [2.05, 4.69) is 20.7 Å². The Bertz CT molecular complexity index is 819. The molecule has 0 spiro atoms. The third kappa shape index (κ3) is 4.13. The summed E-state index contributed by atoms with van der Waals surface area (Å²) < 4.78 is 34.1. The largest absolute Gasteiger partial charge is 0.495 e. The van der Waals surface area contributed by atoms with E-state index in [1.54, 1.807) is 12.1 Å². The van der Waals surface area contributed by atoms with Crippen molar-refractivity contribution in [3.63, 3.8) is 0 Å². The summed E-state index contributed by atoms with van der Waals surface area (Å²) in [6, 6.07) is 10.6. The van der Waals surface area contributed by atoms with Crippen molar-refractivity contribution < 1.29 is 13.2 Å². The second kappa shape index (κ2) is 7.03. The Kier molecular flexibility index (Phi) is 5.49. The summed E-state index contributed by atoms with van der Waals surface area (Å²) in [7, 11) is -2.25. The number of hydrogen-bond donors (Lipinski definition) is 1. The minimum Gasteiger partial charge on any atom is -0.495 e. The molecule has 0 amide bonds. The maximum absolute atomic E-state index is 12.7. The quantitative estimate of drug-likeness (QED) is 0.825. The molecule has 2 rings (SSSR count). The van der Waals surface area contributed by atoms with Crippen molar-refractivity contribution in [1.82, 2.24) is 4.72 Å². The van der Waals surface area contributed by atoms with Crippen LogP contribution >= 0.6 is 15.9 Å². The predicted octanol–water partition coefficient (Wildman–Crippen LogP) is 4.11. The molecular formula is C17H20BrNO3S. The lowest BCUT2D eigenvalue weighted by atomic mass is 10.0. The maximum Gasteiger partial charge on any atom is 0.244 e. The third-order valence-electron chi connectivity index (χ3n) is 3.65. The number of rotatable bonds is 5. The lowest BCUT2D eigenvalue weighted by molar-refractivity contribution is 0.402. The molecule has 2 aromatic carbocycles. The first-order valence-corrected chi connectivity index (χ1v) is 9.45. The molecule has 0 heterocycles. The summed E-state index contributed by atoms with van der Waals surface area (Å²) in [5, 5.41) is 0. The SMILES string of the molecule is COc1ccc(Br)cc1S(=O)(=O)N[C@H](C)c1cc(C)ccc1C. The number of sulfonamides is 1. The number of nitrogens with one attached hydrogen (secondary N) is 1. The molecule has 2 aromatic rings. The first-order chi connectivity index (χ1) is 10.7. The highest BCUT2D eigenvalue weighted by Crippen LogP contribution is 2.29. The average Bonchev–Trinajstić information content (AvgIpc) is 2.49. The van der Waals surface area contributed by atoms with Crippen molar-refractivity contribution >= 4 is 26.0 Å². The summed E-state index contributed by atoms with van der Waals surface area (Å²) in [5.74, 6) is 0.314. The van der Waals surface area contributed by atoms with Gasteiger partial charge in [-0.2, -0.15) is 0 Å². The van der Waals surface area contributed by atoms with Gasteiger partial charge in [0.25, 0.3) is 0 Å². The monoisotopic (exact) mass is 397 g/mol. The second-order valence-corrected chi connectivity index (χ2v) is 8.10. The second-order valence-electron chi connectivity index (χ2n) is 5.50. The molecule has 0 aliphatic rings. The third-order valence-corrected chi connectivity index (χ3v) is 5.70. The van der Waals surface area contributed by atoms with Crippen molar-refractivity contribution in [2.45, 2.75) is 31.7 Å². The van der Waals surface area contributed by atoms with Crippen LogP contribution in [0.15, 0.2) is 45.8 Å². The van der Waals surface area contributed by atoms with Gasteiger partial charge in [-0.1, -0.05) is 39.7 Å². The summed E-state index contributed by atoms with van der Waals surface area (Å²) in [6.45, 7) is 5.80. The molecule has 23 heavy (non-hydrogen) atoms. The number of aryl methyl sites for hydroxylation is 2. The Morgan fingerprint density at radius 2 is 1.83 bits per heavy atom. The van der Waals surface area contributed by atoms with E-state index in [9.17, 15) is 8.42 Å². The van der Waals surface area contributed by atoms with Crippen LogP contribution in [0.2, 0.25) is 0 Å². The van der Waals surface area contributed by atoms with Crippen molar-refractivity contribution in [3.05, 3.63) is 57.6 Å². The molecule has 4 nitrogen and oxygen atoms in total. The molecule has 0 radical (unpaired) electrons. The van der Waals surface area contributed by atoms with Gasteiger partial charge in [0.2, 0.25) is 10.0 Å². The van der Waals surface area contributed by atoms with E-state index >= 15 is 0 Å². The molecule has 0 aromatic heterocycles. The van der Waals surface area contributed by atoms with Gasteiger partial charge in [-0.15, -0.1) is 0 Å². The molecule has 124 valence electrons. The number of methoxy groups -OCH3 is 1. The molecule has 0 fully saturated rings. The van der Waals surface area contributed by atoms with Gasteiger partial charge < -0.3 is 4.74 Å². The van der Waals surface area contributed by atoms with Crippen molar-refractivity contribution in [1.29, 1.82) is 0 Å². The summed E-state index contributed by atoms with van der Waals surface area (Å²) in [6.07, 6.45) is 0. The van der Waals surface area contributed by atoms with E-state index < -0.39 is 10.0 Å². The molecule has 1 atom stereocenters. The highest BCUT2D eigenvalue weighted by molar-refractivity contribution is 9.10. The lowest BCUT2D eigenvalue weighted by Crippen LogP contribution is -2.27. The zero-order valence-corrected chi connectivity index (χ0v) is 16.0. The van der Waals surface area contributed by atoms with Gasteiger partial charge in [0, 0.05) is 10.5 Å². The van der Waals surface area contributed by atoms with E-state index in [-0.39, 0.29) is 10.9 Å². The van der Waals surface area contributed by atoms with Gasteiger partial charge in [-0.25, -0.2) is 13.1 Å². The molecule has 1 N–H and O–H groups in total. The van der Waals surface area contributed by atoms with Crippen LogP contribution in [0, 0.1) is 13.8 Å². The number of ether oxygens (including phenoxy) is 1. The van der Waals surface area contributed by atoms with Crippen LogP contribution in [-0.2, 0) is 10.0 Å². The van der Waals surface area contributed by atoms with Gasteiger partial charge in [0.15, 0.2) is 0 Å². The Morgan fingerprint density at radius 3 is 2.48 bits per heavy atom. The van der Waals surface area contributed by atoms with Crippen LogP contribution in [0.4, 0.5) is 0 Å². The van der Waals surface area contributed by atoms with Crippen molar-refractivity contribution in [2.75, 3.05) is 7.11 Å². The minimum atomic E-state index is -3.71. The van der Waals surface area contributed by atoms with Crippen LogP contribution in [0.5, 0.6) is 5.75 Å². The van der Waals surface area contributed by atoms with E-state index in [1.807, 2.05) is 39.0 Å². The Balaban J connectivity index is 2.38. The first-order valence-electron chi connectivity index (χ1n) is 7.17. The van der Waals surface area contributed by atoms with Gasteiger partial charge in [0.05, 0.1) is 7.11 Å². The summed E-state index contributed by atoms with van der Waals surface area (Å²) >= 11 is 3.30. The van der Waals surface area contributed by atoms with E-state index in [0.717, 1.165) is 16.7 Å². The van der Waals surface area contributed by atoms with E-state index in [4.69, 9.17) is 4.74 Å². The van der Waals surface area contributed by atoms with Crippen LogP contribution in [0.1, 0.15) is 29.7 Å². The minimum absolute atomic E-state index is 0.117. The normalized spacial score (nSPS) is 12.9. The van der Waals surface area contributed by atoms with Crippen LogP contribution < -0.4 is 9.46 Å². The van der Waals surface area contributed by atoms with Gasteiger partial charge >= 0.3 is 0 Å². The van der Waals surface area contributed by atoms with Crippen molar-refractivity contribution in [3.8, 4) is 5.75 Å². The fourth-order valence-corrected chi connectivity index (χ4v) is 4.38. The predicted molar refractivity (Wildman–Crippen MR) is 95.3 cm³/mol. The number of halogens is 1. The molecule has 0 aliphatic heterocycles. The summed E-state index contributed by atoms with van der Waals surface area (Å²) in [4.78, 5) is 0.117.